The third-order valence-corrected chi connectivity index (χ3v) is 4.52. The van der Waals surface area contributed by atoms with E-state index in [2.05, 4.69) is 10.3 Å². The summed E-state index contributed by atoms with van der Waals surface area (Å²) in [6, 6.07) is 15.2. The molecular formula is C22H16F3N3O. The van der Waals surface area contributed by atoms with E-state index in [0.717, 1.165) is 29.0 Å². The van der Waals surface area contributed by atoms with Gasteiger partial charge in [-0.25, -0.2) is 4.98 Å². The molecule has 0 saturated heterocycles. The standard InChI is InChI=1S/C22H16F3N3O/c1-14-12-28-13-19(10-11-20(28)26-14)27-21(29)17-4-2-15(3-5-17)16-6-8-18(9-7-16)22(23,24)25/h2-13H,1H3,(H,27,29). The van der Waals surface area contributed by atoms with E-state index >= 15 is 0 Å². The monoisotopic (exact) mass is 395 g/mol. The van der Waals surface area contributed by atoms with Crippen molar-refractivity contribution in [1.82, 2.24) is 9.38 Å². The molecule has 1 amide bonds. The van der Waals surface area contributed by atoms with Crippen molar-refractivity contribution in [2.45, 2.75) is 13.1 Å². The van der Waals surface area contributed by atoms with Crippen molar-refractivity contribution in [3.05, 3.63) is 89.9 Å². The van der Waals surface area contributed by atoms with Crippen LogP contribution in [0.1, 0.15) is 21.6 Å². The summed E-state index contributed by atoms with van der Waals surface area (Å²) in [5.41, 5.74) is 3.43. The number of carbonyl (C=O) groups is 1. The highest BCUT2D eigenvalue weighted by molar-refractivity contribution is 6.04. The molecule has 4 aromatic rings. The van der Waals surface area contributed by atoms with Crippen molar-refractivity contribution in [3.63, 3.8) is 0 Å². The Kier molecular flexibility index (Phi) is 4.58. The lowest BCUT2D eigenvalue weighted by atomic mass is 10.0. The number of anilines is 1. The lowest BCUT2D eigenvalue weighted by molar-refractivity contribution is -0.137. The lowest BCUT2D eigenvalue weighted by Crippen LogP contribution is -2.12. The second-order valence-corrected chi connectivity index (χ2v) is 6.67. The van der Waals surface area contributed by atoms with Crippen LogP contribution < -0.4 is 5.32 Å². The van der Waals surface area contributed by atoms with E-state index in [0.29, 0.717) is 16.8 Å². The van der Waals surface area contributed by atoms with Gasteiger partial charge in [-0.15, -0.1) is 0 Å². The average molecular weight is 395 g/mol. The Morgan fingerprint density at radius 2 is 1.52 bits per heavy atom. The Labute approximate surface area is 164 Å². The van der Waals surface area contributed by atoms with Crippen molar-refractivity contribution in [2.24, 2.45) is 0 Å². The number of benzene rings is 2. The fourth-order valence-electron chi connectivity index (χ4n) is 3.06. The van der Waals surface area contributed by atoms with Crippen LogP contribution in [-0.4, -0.2) is 15.3 Å². The van der Waals surface area contributed by atoms with E-state index in [1.165, 1.54) is 12.1 Å². The zero-order chi connectivity index (χ0) is 20.6. The Morgan fingerprint density at radius 3 is 2.14 bits per heavy atom. The van der Waals surface area contributed by atoms with Crippen LogP contribution in [0.5, 0.6) is 0 Å². The number of imidazole rings is 1. The van der Waals surface area contributed by atoms with Crippen molar-refractivity contribution in [1.29, 1.82) is 0 Å². The number of halogens is 3. The second-order valence-electron chi connectivity index (χ2n) is 6.67. The predicted octanol–water partition coefficient (Wildman–Crippen LogP) is 5.58. The molecule has 0 aliphatic rings. The first-order valence-electron chi connectivity index (χ1n) is 8.84. The maximum atomic E-state index is 12.7. The Bertz CT molecular complexity index is 1180. The number of hydrogen-bond donors (Lipinski definition) is 1. The number of pyridine rings is 1. The summed E-state index contributed by atoms with van der Waals surface area (Å²) >= 11 is 0. The first-order chi connectivity index (χ1) is 13.8. The molecule has 7 heteroatoms. The highest BCUT2D eigenvalue weighted by Gasteiger charge is 2.29. The van der Waals surface area contributed by atoms with E-state index in [9.17, 15) is 18.0 Å². The summed E-state index contributed by atoms with van der Waals surface area (Å²) in [5.74, 6) is -0.278. The van der Waals surface area contributed by atoms with Gasteiger partial charge in [0, 0.05) is 18.0 Å². The zero-order valence-corrected chi connectivity index (χ0v) is 15.4. The van der Waals surface area contributed by atoms with Gasteiger partial charge in [-0.1, -0.05) is 24.3 Å². The Hall–Kier alpha value is -3.61. The van der Waals surface area contributed by atoms with Crippen LogP contribution in [-0.2, 0) is 6.18 Å². The average Bonchev–Trinajstić information content (AvgIpc) is 3.07. The molecule has 0 spiro atoms. The number of aromatic nitrogens is 2. The third kappa shape index (κ3) is 3.99. The minimum Gasteiger partial charge on any atom is -0.321 e. The summed E-state index contributed by atoms with van der Waals surface area (Å²) in [4.78, 5) is 16.8. The number of aryl methyl sites for hydroxylation is 1. The third-order valence-electron chi connectivity index (χ3n) is 4.52. The predicted molar refractivity (Wildman–Crippen MR) is 105 cm³/mol. The Morgan fingerprint density at radius 1 is 0.897 bits per heavy atom. The van der Waals surface area contributed by atoms with E-state index in [4.69, 9.17) is 0 Å². The van der Waals surface area contributed by atoms with Gasteiger partial charge in [0.05, 0.1) is 16.9 Å². The molecule has 146 valence electrons. The molecule has 0 saturated carbocycles. The maximum absolute atomic E-state index is 12.7. The van der Waals surface area contributed by atoms with Crippen molar-refractivity contribution in [2.75, 3.05) is 5.32 Å². The molecule has 29 heavy (non-hydrogen) atoms. The number of nitrogens with zero attached hydrogens (tertiary/aromatic N) is 2. The van der Waals surface area contributed by atoms with Gasteiger partial charge in [-0.3, -0.25) is 4.79 Å². The molecule has 4 rings (SSSR count). The highest BCUT2D eigenvalue weighted by atomic mass is 19.4. The minimum atomic E-state index is -4.36. The normalized spacial score (nSPS) is 11.6. The molecule has 2 heterocycles. The smallest absolute Gasteiger partial charge is 0.321 e. The highest BCUT2D eigenvalue weighted by Crippen LogP contribution is 2.31. The first kappa shape index (κ1) is 18.7. The van der Waals surface area contributed by atoms with Gasteiger partial charge < -0.3 is 9.72 Å². The van der Waals surface area contributed by atoms with E-state index in [1.54, 1.807) is 36.5 Å². The number of rotatable bonds is 3. The van der Waals surface area contributed by atoms with Gasteiger partial charge in [0.25, 0.3) is 5.91 Å². The van der Waals surface area contributed by atoms with E-state index < -0.39 is 11.7 Å². The molecule has 0 atom stereocenters. The second kappa shape index (κ2) is 7.09. The van der Waals surface area contributed by atoms with Gasteiger partial charge in [-0.2, -0.15) is 13.2 Å². The van der Waals surface area contributed by atoms with Crippen LogP contribution in [0, 0.1) is 6.92 Å². The largest absolute Gasteiger partial charge is 0.416 e. The fraction of sp³-hybridized carbons (Fsp3) is 0.0909. The molecule has 1 N–H and O–H groups in total. The summed E-state index contributed by atoms with van der Waals surface area (Å²) in [5, 5.41) is 2.83. The lowest BCUT2D eigenvalue weighted by Gasteiger charge is -2.09. The fourth-order valence-corrected chi connectivity index (χ4v) is 3.06. The number of fused-ring (bicyclic) bond motifs is 1. The number of carbonyl (C=O) groups excluding carboxylic acids is 1. The maximum Gasteiger partial charge on any atom is 0.416 e. The van der Waals surface area contributed by atoms with Gasteiger partial charge >= 0.3 is 6.18 Å². The van der Waals surface area contributed by atoms with E-state index in [1.807, 2.05) is 23.6 Å². The topological polar surface area (TPSA) is 46.4 Å². The van der Waals surface area contributed by atoms with Gasteiger partial charge in [0.15, 0.2) is 0 Å². The van der Waals surface area contributed by atoms with Crippen LogP contribution in [0.15, 0.2) is 73.1 Å². The molecule has 4 nitrogen and oxygen atoms in total. The summed E-state index contributed by atoms with van der Waals surface area (Å²) < 4.78 is 39.9. The summed E-state index contributed by atoms with van der Waals surface area (Å²) in [6.07, 6.45) is -0.716. The van der Waals surface area contributed by atoms with Gasteiger partial charge in [0.1, 0.15) is 5.65 Å². The molecule has 0 aliphatic heterocycles. The number of hydrogen-bond acceptors (Lipinski definition) is 2. The van der Waals surface area contributed by atoms with Crippen LogP contribution in [0.4, 0.5) is 18.9 Å². The molecule has 2 aromatic heterocycles. The quantitative estimate of drug-likeness (QED) is 0.492. The SMILES string of the molecule is Cc1cn2cc(NC(=O)c3ccc(-c4ccc(C(F)(F)F)cc4)cc3)ccc2n1. The minimum absolute atomic E-state index is 0.278. The molecule has 0 aliphatic carbocycles. The van der Waals surface area contributed by atoms with Crippen LogP contribution in [0.25, 0.3) is 16.8 Å². The Balaban J connectivity index is 1.49. The van der Waals surface area contributed by atoms with Crippen molar-refractivity contribution < 1.29 is 18.0 Å². The molecule has 0 radical (unpaired) electrons. The summed E-state index contributed by atoms with van der Waals surface area (Å²) in [6.45, 7) is 1.89. The van der Waals surface area contributed by atoms with Crippen molar-refractivity contribution in [3.8, 4) is 11.1 Å². The van der Waals surface area contributed by atoms with Crippen LogP contribution >= 0.6 is 0 Å². The molecule has 2 aromatic carbocycles. The van der Waals surface area contributed by atoms with Gasteiger partial charge in [-0.05, 0) is 54.4 Å². The number of nitrogens with one attached hydrogen (secondary N) is 1. The van der Waals surface area contributed by atoms with Crippen LogP contribution in [0.2, 0.25) is 0 Å². The van der Waals surface area contributed by atoms with Crippen LogP contribution in [0.3, 0.4) is 0 Å². The molecule has 0 unspecified atom stereocenters. The summed E-state index contributed by atoms with van der Waals surface area (Å²) in [7, 11) is 0. The van der Waals surface area contributed by atoms with Crippen molar-refractivity contribution >= 4 is 17.2 Å². The molecular weight excluding hydrogens is 379 g/mol. The van der Waals surface area contributed by atoms with E-state index in [-0.39, 0.29) is 5.91 Å². The first-order valence-corrected chi connectivity index (χ1v) is 8.84. The molecule has 0 fully saturated rings. The molecule has 0 bridgehead atoms. The van der Waals surface area contributed by atoms with Gasteiger partial charge in [0.2, 0.25) is 0 Å². The zero-order valence-electron chi connectivity index (χ0n) is 15.4. The number of amides is 1. The number of alkyl halides is 3.